The molecule has 2 N–H and O–H groups in total. The van der Waals surface area contributed by atoms with E-state index in [1.165, 1.54) is 16.9 Å². The van der Waals surface area contributed by atoms with Crippen molar-refractivity contribution in [3.8, 4) is 10.4 Å². The molecule has 0 unspecified atom stereocenters. The normalized spacial score (nSPS) is 11.6. The standard InChI is InChI=1S/C15H18N2OS/c1-9-12(19-14(17-9)13(16)18)10-6-5-7-11(8-10)15(2,3)4/h5-8H,1-4H3,(H2,16,18). The number of carbonyl (C=O) groups is 1. The summed E-state index contributed by atoms with van der Waals surface area (Å²) in [7, 11) is 0. The molecule has 1 heterocycles. The Hall–Kier alpha value is -1.68. The molecule has 4 heteroatoms. The quantitative estimate of drug-likeness (QED) is 0.911. The average Bonchev–Trinajstić information content (AvgIpc) is 2.71. The van der Waals surface area contributed by atoms with E-state index in [2.05, 4.69) is 37.9 Å². The minimum Gasteiger partial charge on any atom is -0.364 e. The van der Waals surface area contributed by atoms with E-state index in [1.54, 1.807) is 0 Å². The van der Waals surface area contributed by atoms with Crippen molar-refractivity contribution in [3.63, 3.8) is 0 Å². The van der Waals surface area contributed by atoms with Gasteiger partial charge in [0.25, 0.3) is 5.91 Å². The van der Waals surface area contributed by atoms with Gasteiger partial charge in [0.1, 0.15) is 0 Å². The highest BCUT2D eigenvalue weighted by atomic mass is 32.1. The second-order valence-electron chi connectivity index (χ2n) is 5.63. The lowest BCUT2D eigenvalue weighted by molar-refractivity contribution is 0.1000. The van der Waals surface area contributed by atoms with Gasteiger partial charge in [0, 0.05) is 0 Å². The van der Waals surface area contributed by atoms with Crippen molar-refractivity contribution in [2.24, 2.45) is 5.73 Å². The van der Waals surface area contributed by atoms with Gasteiger partial charge in [0.05, 0.1) is 10.6 Å². The minimum atomic E-state index is -0.466. The summed E-state index contributed by atoms with van der Waals surface area (Å²) >= 11 is 1.35. The first-order valence-electron chi connectivity index (χ1n) is 6.17. The van der Waals surface area contributed by atoms with Crippen LogP contribution in [0.15, 0.2) is 24.3 Å². The van der Waals surface area contributed by atoms with E-state index in [1.807, 2.05) is 19.1 Å². The molecule has 0 spiro atoms. The Morgan fingerprint density at radius 2 is 2.00 bits per heavy atom. The molecular formula is C15H18N2OS. The van der Waals surface area contributed by atoms with Crippen molar-refractivity contribution in [2.45, 2.75) is 33.1 Å². The maximum Gasteiger partial charge on any atom is 0.277 e. The Bertz CT molecular complexity index is 623. The molecule has 0 saturated carbocycles. The van der Waals surface area contributed by atoms with E-state index in [-0.39, 0.29) is 5.41 Å². The van der Waals surface area contributed by atoms with Crippen LogP contribution in [-0.2, 0) is 5.41 Å². The van der Waals surface area contributed by atoms with E-state index in [0.29, 0.717) is 5.01 Å². The van der Waals surface area contributed by atoms with Crippen molar-refractivity contribution >= 4 is 17.2 Å². The van der Waals surface area contributed by atoms with Crippen LogP contribution in [0, 0.1) is 6.92 Å². The molecule has 19 heavy (non-hydrogen) atoms. The minimum absolute atomic E-state index is 0.0983. The lowest BCUT2D eigenvalue weighted by Gasteiger charge is -2.19. The molecule has 1 aromatic carbocycles. The number of nitrogens with zero attached hydrogens (tertiary/aromatic N) is 1. The van der Waals surface area contributed by atoms with Crippen molar-refractivity contribution in [1.29, 1.82) is 0 Å². The molecule has 0 aliphatic carbocycles. The fourth-order valence-electron chi connectivity index (χ4n) is 1.90. The van der Waals surface area contributed by atoms with Crippen LogP contribution in [0.5, 0.6) is 0 Å². The maximum absolute atomic E-state index is 11.2. The van der Waals surface area contributed by atoms with Gasteiger partial charge in [-0.2, -0.15) is 0 Å². The fraction of sp³-hybridized carbons (Fsp3) is 0.333. The van der Waals surface area contributed by atoms with Crippen molar-refractivity contribution in [1.82, 2.24) is 4.98 Å². The summed E-state index contributed by atoms with van der Waals surface area (Å²) in [6.07, 6.45) is 0. The number of primary amides is 1. The van der Waals surface area contributed by atoms with Gasteiger partial charge in [0.15, 0.2) is 5.01 Å². The predicted octanol–water partition coefficient (Wildman–Crippen LogP) is 3.51. The summed E-state index contributed by atoms with van der Waals surface area (Å²) in [6.45, 7) is 8.45. The monoisotopic (exact) mass is 274 g/mol. The zero-order chi connectivity index (χ0) is 14.2. The van der Waals surface area contributed by atoms with Crippen LogP contribution in [-0.4, -0.2) is 10.9 Å². The third-order valence-electron chi connectivity index (χ3n) is 3.00. The number of amides is 1. The van der Waals surface area contributed by atoms with Crippen LogP contribution in [0.3, 0.4) is 0 Å². The first-order chi connectivity index (χ1) is 8.79. The summed E-state index contributed by atoms with van der Waals surface area (Å²) < 4.78 is 0. The zero-order valence-corrected chi connectivity index (χ0v) is 12.5. The van der Waals surface area contributed by atoms with Crippen LogP contribution in [0.1, 0.15) is 41.8 Å². The van der Waals surface area contributed by atoms with Crippen LogP contribution in [0.25, 0.3) is 10.4 Å². The molecular weight excluding hydrogens is 256 g/mol. The van der Waals surface area contributed by atoms with E-state index >= 15 is 0 Å². The highest BCUT2D eigenvalue weighted by Gasteiger charge is 2.17. The topological polar surface area (TPSA) is 56.0 Å². The lowest BCUT2D eigenvalue weighted by atomic mass is 9.86. The van der Waals surface area contributed by atoms with Crippen molar-refractivity contribution < 1.29 is 4.79 Å². The van der Waals surface area contributed by atoms with E-state index in [0.717, 1.165) is 16.1 Å². The molecule has 0 radical (unpaired) electrons. The molecule has 1 aromatic heterocycles. The summed E-state index contributed by atoms with van der Waals surface area (Å²) in [5.74, 6) is -0.466. The molecule has 0 bridgehead atoms. The summed E-state index contributed by atoms with van der Waals surface area (Å²) in [5.41, 5.74) is 8.59. The molecule has 0 aliphatic rings. The molecule has 2 aromatic rings. The SMILES string of the molecule is Cc1nc(C(N)=O)sc1-c1cccc(C(C)(C)C)c1. The molecule has 1 amide bonds. The number of rotatable bonds is 2. The summed E-state index contributed by atoms with van der Waals surface area (Å²) in [4.78, 5) is 16.4. The van der Waals surface area contributed by atoms with Gasteiger partial charge in [0.2, 0.25) is 0 Å². The molecule has 0 fully saturated rings. The van der Waals surface area contributed by atoms with Gasteiger partial charge in [-0.15, -0.1) is 11.3 Å². The highest BCUT2D eigenvalue weighted by Crippen LogP contribution is 2.32. The smallest absolute Gasteiger partial charge is 0.277 e. The number of benzene rings is 1. The van der Waals surface area contributed by atoms with E-state index in [4.69, 9.17) is 5.73 Å². The molecule has 0 saturated heterocycles. The third-order valence-corrected chi connectivity index (χ3v) is 4.22. The van der Waals surface area contributed by atoms with Crippen molar-refractivity contribution in [2.75, 3.05) is 0 Å². The Morgan fingerprint density at radius 3 is 2.53 bits per heavy atom. The summed E-state index contributed by atoms with van der Waals surface area (Å²) in [6, 6.07) is 8.36. The Balaban J connectivity index is 2.50. The average molecular weight is 274 g/mol. The second kappa shape index (κ2) is 4.78. The molecule has 100 valence electrons. The molecule has 2 rings (SSSR count). The maximum atomic E-state index is 11.2. The summed E-state index contributed by atoms with van der Waals surface area (Å²) in [5, 5.41) is 0.369. The highest BCUT2D eigenvalue weighted by molar-refractivity contribution is 7.17. The van der Waals surface area contributed by atoms with Gasteiger partial charge in [-0.05, 0) is 29.5 Å². The van der Waals surface area contributed by atoms with Crippen molar-refractivity contribution in [3.05, 3.63) is 40.5 Å². The first-order valence-corrected chi connectivity index (χ1v) is 6.99. The second-order valence-corrected chi connectivity index (χ2v) is 6.63. The van der Waals surface area contributed by atoms with Gasteiger partial charge in [-0.25, -0.2) is 4.98 Å². The number of hydrogen-bond acceptors (Lipinski definition) is 3. The van der Waals surface area contributed by atoms with Gasteiger partial charge in [-0.3, -0.25) is 4.79 Å². The van der Waals surface area contributed by atoms with Gasteiger partial charge >= 0.3 is 0 Å². The van der Waals surface area contributed by atoms with Crippen LogP contribution >= 0.6 is 11.3 Å². The lowest BCUT2D eigenvalue weighted by Crippen LogP contribution is -2.10. The Kier molecular flexibility index (Phi) is 3.45. The fourth-order valence-corrected chi connectivity index (χ4v) is 2.81. The molecule has 0 aliphatic heterocycles. The number of hydrogen-bond donors (Lipinski definition) is 1. The third kappa shape index (κ3) is 2.84. The zero-order valence-electron chi connectivity index (χ0n) is 11.7. The Labute approximate surface area is 117 Å². The number of nitrogens with two attached hydrogens (primary N) is 1. The number of aryl methyl sites for hydroxylation is 1. The largest absolute Gasteiger partial charge is 0.364 e. The van der Waals surface area contributed by atoms with E-state index < -0.39 is 5.91 Å². The Morgan fingerprint density at radius 1 is 1.32 bits per heavy atom. The van der Waals surface area contributed by atoms with E-state index in [9.17, 15) is 4.79 Å². The van der Waals surface area contributed by atoms with Crippen LogP contribution in [0.4, 0.5) is 0 Å². The number of aromatic nitrogens is 1. The van der Waals surface area contributed by atoms with Gasteiger partial charge in [-0.1, -0.05) is 39.0 Å². The predicted molar refractivity (Wildman–Crippen MR) is 79.5 cm³/mol. The number of thiazole rings is 1. The molecule has 0 atom stereocenters. The molecule has 3 nitrogen and oxygen atoms in total. The number of carbonyl (C=O) groups excluding carboxylic acids is 1. The van der Waals surface area contributed by atoms with Crippen LogP contribution in [0.2, 0.25) is 0 Å². The first kappa shape index (κ1) is 13.7. The van der Waals surface area contributed by atoms with Gasteiger partial charge < -0.3 is 5.73 Å². The van der Waals surface area contributed by atoms with Crippen LogP contribution < -0.4 is 5.73 Å².